The lowest BCUT2D eigenvalue weighted by Gasteiger charge is -2.58. The van der Waals surface area contributed by atoms with E-state index in [-0.39, 0.29) is 0 Å². The van der Waals surface area contributed by atoms with Gasteiger partial charge in [0.05, 0.1) is 8.07 Å². The van der Waals surface area contributed by atoms with E-state index in [1.54, 1.807) is 19.3 Å². The number of nitrogens with zero attached hydrogens (tertiary/aromatic N) is 1. The zero-order valence-corrected chi connectivity index (χ0v) is 23.7. The Kier molecular flexibility index (Phi) is 6.91. The standard InChI is InChI=1S/C28H54BNSi/c1-17(2)23-16-24(18(3)4)28-26(23)29(30(19(5)6)20(7)8)25-15-21-13-11-12-14-22(21)27(25)31(28,9)10/h17-28H,11-16H2,1-10H3/t21?,22-,23?,24?,25?,26?,27?,28?/m1/s1. The van der Waals surface area contributed by atoms with Crippen molar-refractivity contribution in [3.05, 3.63) is 0 Å². The minimum Gasteiger partial charge on any atom is -0.337 e. The Labute approximate surface area is 197 Å². The Morgan fingerprint density at radius 2 is 1.32 bits per heavy atom. The molecule has 0 spiro atoms. The first-order valence-corrected chi connectivity index (χ1v) is 17.4. The molecule has 0 aromatic carbocycles. The van der Waals surface area contributed by atoms with Gasteiger partial charge in [-0.1, -0.05) is 101 Å². The lowest BCUT2D eigenvalue weighted by molar-refractivity contribution is 0.267. The predicted molar refractivity (Wildman–Crippen MR) is 142 cm³/mol. The normalized spacial score (nSPS) is 42.1. The molecule has 8 atom stereocenters. The number of fused-ring (bicyclic) bond motifs is 4. The van der Waals surface area contributed by atoms with Crippen LogP contribution >= 0.6 is 0 Å². The van der Waals surface area contributed by atoms with Gasteiger partial charge in [0.1, 0.15) is 0 Å². The van der Waals surface area contributed by atoms with Gasteiger partial charge in [-0.2, -0.15) is 0 Å². The average molecular weight is 444 g/mol. The summed E-state index contributed by atoms with van der Waals surface area (Å²) in [6.07, 6.45) is 9.25. The lowest BCUT2D eigenvalue weighted by Crippen LogP contribution is -2.62. The van der Waals surface area contributed by atoms with Crippen molar-refractivity contribution < 1.29 is 0 Å². The van der Waals surface area contributed by atoms with Crippen molar-refractivity contribution in [2.24, 2.45) is 35.5 Å². The highest BCUT2D eigenvalue weighted by Crippen LogP contribution is 2.74. The third-order valence-electron chi connectivity index (χ3n) is 11.2. The summed E-state index contributed by atoms with van der Waals surface area (Å²) in [4.78, 5) is 3.05. The summed E-state index contributed by atoms with van der Waals surface area (Å²) >= 11 is 0. The van der Waals surface area contributed by atoms with Gasteiger partial charge < -0.3 is 4.81 Å². The minimum atomic E-state index is -1.36. The molecule has 0 aromatic rings. The summed E-state index contributed by atoms with van der Waals surface area (Å²) in [7, 11) is -1.36. The van der Waals surface area contributed by atoms with Gasteiger partial charge in [-0.05, 0) is 76.7 Å². The van der Waals surface area contributed by atoms with Crippen LogP contribution in [0, 0.1) is 35.5 Å². The first-order valence-electron chi connectivity index (χ1n) is 14.3. The second-order valence-corrected chi connectivity index (χ2v) is 19.2. The smallest absolute Gasteiger partial charge is 0.230 e. The number of hydrogen-bond acceptors (Lipinski definition) is 1. The summed E-state index contributed by atoms with van der Waals surface area (Å²) in [5.41, 5.74) is 2.14. The van der Waals surface area contributed by atoms with E-state index in [1.165, 1.54) is 19.3 Å². The summed E-state index contributed by atoms with van der Waals surface area (Å²) < 4.78 is 0. The first kappa shape index (κ1) is 24.4. The molecule has 4 rings (SSSR count). The molecular weight excluding hydrogens is 389 g/mol. The molecule has 4 fully saturated rings. The van der Waals surface area contributed by atoms with Gasteiger partial charge in [0.25, 0.3) is 0 Å². The molecule has 31 heavy (non-hydrogen) atoms. The lowest BCUT2D eigenvalue weighted by atomic mass is 9.36. The molecule has 3 saturated carbocycles. The van der Waals surface area contributed by atoms with Crippen LogP contribution in [0.1, 0.15) is 93.9 Å². The molecule has 1 saturated heterocycles. The summed E-state index contributed by atoms with van der Waals surface area (Å²) in [5, 5.41) is 0. The second-order valence-electron chi connectivity index (χ2n) is 14.2. The average Bonchev–Trinajstić information content (AvgIpc) is 3.24. The maximum atomic E-state index is 3.05. The first-order chi connectivity index (χ1) is 14.5. The van der Waals surface area contributed by atoms with Crippen molar-refractivity contribution in [1.29, 1.82) is 0 Å². The third kappa shape index (κ3) is 3.84. The zero-order valence-electron chi connectivity index (χ0n) is 22.7. The highest BCUT2D eigenvalue weighted by atomic mass is 28.3. The largest absolute Gasteiger partial charge is 0.337 e. The van der Waals surface area contributed by atoms with E-state index in [0.29, 0.717) is 12.1 Å². The van der Waals surface area contributed by atoms with E-state index in [0.717, 1.165) is 65.1 Å². The van der Waals surface area contributed by atoms with Crippen molar-refractivity contribution in [1.82, 2.24) is 4.81 Å². The topological polar surface area (TPSA) is 3.24 Å². The predicted octanol–water partition coefficient (Wildman–Crippen LogP) is 8.46. The molecule has 1 nitrogen and oxygen atoms in total. The highest BCUT2D eigenvalue weighted by molar-refractivity contribution is 6.85. The fraction of sp³-hybridized carbons (Fsp3) is 1.00. The van der Waals surface area contributed by atoms with Crippen LogP contribution in [0.2, 0.25) is 35.8 Å². The van der Waals surface area contributed by atoms with E-state index < -0.39 is 8.07 Å². The van der Waals surface area contributed by atoms with E-state index in [9.17, 15) is 0 Å². The molecule has 3 aliphatic carbocycles. The van der Waals surface area contributed by atoms with Crippen LogP contribution in [0.15, 0.2) is 0 Å². The van der Waals surface area contributed by atoms with Gasteiger partial charge in [-0.3, -0.25) is 0 Å². The van der Waals surface area contributed by atoms with Crippen LogP contribution in [0.5, 0.6) is 0 Å². The van der Waals surface area contributed by atoms with Crippen LogP contribution in [-0.4, -0.2) is 31.8 Å². The van der Waals surface area contributed by atoms with Crippen molar-refractivity contribution >= 4 is 14.9 Å². The van der Waals surface area contributed by atoms with Crippen molar-refractivity contribution in [3.63, 3.8) is 0 Å². The Hall–Kier alpha value is 0.242. The molecule has 0 N–H and O–H groups in total. The highest BCUT2D eigenvalue weighted by Gasteiger charge is 2.68. The second kappa shape index (κ2) is 8.79. The van der Waals surface area contributed by atoms with E-state index >= 15 is 0 Å². The van der Waals surface area contributed by atoms with Gasteiger partial charge in [0, 0.05) is 0 Å². The third-order valence-corrected chi connectivity index (χ3v) is 16.3. The quantitative estimate of drug-likeness (QED) is 0.385. The Morgan fingerprint density at radius 3 is 1.87 bits per heavy atom. The summed E-state index contributed by atoms with van der Waals surface area (Å²) in [6.45, 7) is 26.9. The van der Waals surface area contributed by atoms with Crippen molar-refractivity contribution in [2.75, 3.05) is 0 Å². The zero-order chi connectivity index (χ0) is 22.8. The maximum absolute atomic E-state index is 3.05. The fourth-order valence-corrected chi connectivity index (χ4v) is 17.1. The molecule has 0 amide bonds. The van der Waals surface area contributed by atoms with Crippen molar-refractivity contribution in [2.45, 2.75) is 142 Å². The molecule has 0 aromatic heterocycles. The summed E-state index contributed by atoms with van der Waals surface area (Å²) in [5.74, 6) is 7.71. The van der Waals surface area contributed by atoms with Gasteiger partial charge in [0.2, 0.25) is 6.85 Å². The van der Waals surface area contributed by atoms with Crippen LogP contribution in [0.4, 0.5) is 0 Å². The van der Waals surface area contributed by atoms with Crippen molar-refractivity contribution in [3.8, 4) is 0 Å². The Bertz CT molecular complexity index is 621. The minimum absolute atomic E-state index is 0.669. The van der Waals surface area contributed by atoms with E-state index in [1.807, 2.05) is 0 Å². The SMILES string of the molecule is CC(C)C1CC(C(C)C)C2C1B(N(C(C)C)C(C)C)C1CC3CCCC[C@H]3C1[Si]2(C)C. The van der Waals surface area contributed by atoms with E-state index in [4.69, 9.17) is 0 Å². The van der Waals surface area contributed by atoms with Crippen LogP contribution < -0.4 is 0 Å². The fourth-order valence-electron chi connectivity index (χ4n) is 10.6. The van der Waals surface area contributed by atoms with Gasteiger partial charge in [0.15, 0.2) is 0 Å². The Balaban J connectivity index is 1.87. The molecular formula is C28H54BNSi. The monoisotopic (exact) mass is 443 g/mol. The molecule has 1 aliphatic heterocycles. The van der Waals surface area contributed by atoms with Crippen LogP contribution in [0.25, 0.3) is 0 Å². The molecule has 178 valence electrons. The molecule has 0 radical (unpaired) electrons. The number of rotatable bonds is 5. The number of hydrogen-bond donors (Lipinski definition) is 0. The molecule has 7 unspecified atom stereocenters. The van der Waals surface area contributed by atoms with E-state index in [2.05, 4.69) is 73.3 Å². The van der Waals surface area contributed by atoms with Crippen LogP contribution in [0.3, 0.4) is 0 Å². The molecule has 4 aliphatic rings. The molecule has 0 bridgehead atoms. The van der Waals surface area contributed by atoms with Gasteiger partial charge in [-0.25, -0.2) is 0 Å². The van der Waals surface area contributed by atoms with Gasteiger partial charge >= 0.3 is 0 Å². The Morgan fingerprint density at radius 1 is 0.742 bits per heavy atom. The maximum Gasteiger partial charge on any atom is 0.230 e. The molecule has 1 heterocycles. The molecule has 3 heteroatoms. The van der Waals surface area contributed by atoms with Crippen LogP contribution in [-0.2, 0) is 0 Å². The summed E-state index contributed by atoms with van der Waals surface area (Å²) in [6, 6.07) is 1.34. The van der Waals surface area contributed by atoms with Gasteiger partial charge in [-0.15, -0.1) is 0 Å².